The fourth-order valence-electron chi connectivity index (χ4n) is 2.77. The van der Waals surface area contributed by atoms with Gasteiger partial charge in [-0.2, -0.15) is 0 Å². The highest BCUT2D eigenvalue weighted by atomic mass is 16.5. The zero-order valence-corrected chi connectivity index (χ0v) is 15.1. The average molecular weight is 349 g/mol. The zero-order chi connectivity index (χ0) is 18.4. The zero-order valence-electron chi connectivity index (χ0n) is 15.1. The Kier molecular flexibility index (Phi) is 6.84. The lowest BCUT2D eigenvalue weighted by Gasteiger charge is -2.19. The predicted molar refractivity (Wildman–Crippen MR) is 95.2 cm³/mol. The third kappa shape index (κ3) is 4.96. The molecule has 1 aliphatic rings. The summed E-state index contributed by atoms with van der Waals surface area (Å²) < 4.78 is 16.8. The molecule has 1 N–H and O–H groups in total. The first-order chi connectivity index (χ1) is 12.0. The smallest absolute Gasteiger partial charge is 0.254 e. The van der Waals surface area contributed by atoms with Crippen molar-refractivity contribution in [3.63, 3.8) is 0 Å². The maximum Gasteiger partial charge on any atom is 0.254 e. The van der Waals surface area contributed by atoms with Crippen molar-refractivity contribution in [1.29, 1.82) is 0 Å². The molecule has 0 unspecified atom stereocenters. The predicted octanol–water partition coefficient (Wildman–Crippen LogP) is 2.26. The molecule has 1 aliphatic heterocycles. The van der Waals surface area contributed by atoms with E-state index in [0.29, 0.717) is 36.8 Å². The number of aliphatic hydroxyl groups excluding tert-OH is 1. The number of amides is 1. The SMILES string of the molecule is C=CCOc1ccc(C(=O)N2C[C@H](OC(C)C)[C@@H](O)C2)cc1OCC. The van der Waals surface area contributed by atoms with Crippen LogP contribution < -0.4 is 9.47 Å². The van der Waals surface area contributed by atoms with Crippen LogP contribution in [0.25, 0.3) is 0 Å². The second-order valence-electron chi connectivity index (χ2n) is 6.19. The Hall–Kier alpha value is -2.05. The van der Waals surface area contributed by atoms with Gasteiger partial charge in [-0.1, -0.05) is 12.7 Å². The fraction of sp³-hybridized carbons (Fsp3) is 0.526. The molecule has 6 nitrogen and oxygen atoms in total. The number of hydrogen-bond donors (Lipinski definition) is 1. The van der Waals surface area contributed by atoms with Crippen LogP contribution in [0.5, 0.6) is 11.5 Å². The van der Waals surface area contributed by atoms with E-state index in [0.717, 1.165) is 0 Å². The number of benzene rings is 1. The number of hydrogen-bond acceptors (Lipinski definition) is 5. The third-order valence-corrected chi connectivity index (χ3v) is 3.82. The van der Waals surface area contributed by atoms with E-state index in [1.165, 1.54) is 0 Å². The summed E-state index contributed by atoms with van der Waals surface area (Å²) in [6, 6.07) is 5.09. The van der Waals surface area contributed by atoms with Gasteiger partial charge in [0.1, 0.15) is 12.7 Å². The highest BCUT2D eigenvalue weighted by Gasteiger charge is 2.35. The van der Waals surface area contributed by atoms with Gasteiger partial charge in [0.25, 0.3) is 5.91 Å². The molecular formula is C19H27NO5. The van der Waals surface area contributed by atoms with Crippen molar-refractivity contribution in [2.75, 3.05) is 26.3 Å². The lowest BCUT2D eigenvalue weighted by Crippen LogP contribution is -2.31. The molecule has 1 heterocycles. The number of likely N-dealkylation sites (tertiary alicyclic amines) is 1. The van der Waals surface area contributed by atoms with E-state index in [4.69, 9.17) is 14.2 Å². The molecule has 1 amide bonds. The fourth-order valence-corrected chi connectivity index (χ4v) is 2.77. The van der Waals surface area contributed by atoms with E-state index in [2.05, 4.69) is 6.58 Å². The van der Waals surface area contributed by atoms with E-state index >= 15 is 0 Å². The van der Waals surface area contributed by atoms with Crippen LogP contribution in [-0.2, 0) is 4.74 Å². The molecule has 0 saturated carbocycles. The molecule has 0 aromatic heterocycles. The lowest BCUT2D eigenvalue weighted by atomic mass is 10.1. The number of carbonyl (C=O) groups is 1. The summed E-state index contributed by atoms with van der Waals surface area (Å²) >= 11 is 0. The monoisotopic (exact) mass is 349 g/mol. The molecule has 138 valence electrons. The van der Waals surface area contributed by atoms with Crippen LogP contribution in [0.1, 0.15) is 31.1 Å². The minimum Gasteiger partial charge on any atom is -0.490 e. The molecule has 0 spiro atoms. The van der Waals surface area contributed by atoms with Gasteiger partial charge < -0.3 is 24.2 Å². The summed E-state index contributed by atoms with van der Waals surface area (Å²) in [4.78, 5) is 14.4. The number of ether oxygens (including phenoxy) is 3. The van der Waals surface area contributed by atoms with E-state index in [1.807, 2.05) is 20.8 Å². The van der Waals surface area contributed by atoms with Crippen LogP contribution in [0, 0.1) is 0 Å². The molecule has 1 saturated heterocycles. The van der Waals surface area contributed by atoms with Crippen molar-refractivity contribution in [3.05, 3.63) is 36.4 Å². The summed E-state index contributed by atoms with van der Waals surface area (Å²) in [5, 5.41) is 10.1. The van der Waals surface area contributed by atoms with E-state index in [9.17, 15) is 9.90 Å². The van der Waals surface area contributed by atoms with E-state index < -0.39 is 6.10 Å². The minimum atomic E-state index is -0.673. The summed E-state index contributed by atoms with van der Waals surface area (Å²) in [5.41, 5.74) is 0.492. The Bertz CT molecular complexity index is 601. The Morgan fingerprint density at radius 1 is 1.36 bits per heavy atom. The van der Waals surface area contributed by atoms with Gasteiger partial charge in [0, 0.05) is 18.7 Å². The van der Waals surface area contributed by atoms with Gasteiger partial charge >= 0.3 is 0 Å². The van der Waals surface area contributed by atoms with Crippen LogP contribution in [0.4, 0.5) is 0 Å². The van der Waals surface area contributed by atoms with Crippen molar-refractivity contribution in [2.24, 2.45) is 0 Å². The van der Waals surface area contributed by atoms with Crippen LogP contribution in [-0.4, -0.2) is 60.5 Å². The van der Waals surface area contributed by atoms with E-state index in [-0.39, 0.29) is 24.7 Å². The second-order valence-corrected chi connectivity index (χ2v) is 6.19. The lowest BCUT2D eigenvalue weighted by molar-refractivity contribution is -0.0394. The number of nitrogens with zero attached hydrogens (tertiary/aromatic N) is 1. The molecule has 0 bridgehead atoms. The summed E-state index contributed by atoms with van der Waals surface area (Å²) in [7, 11) is 0. The molecule has 1 aromatic rings. The molecular weight excluding hydrogens is 322 g/mol. The van der Waals surface area contributed by atoms with Crippen molar-refractivity contribution in [3.8, 4) is 11.5 Å². The highest BCUT2D eigenvalue weighted by molar-refractivity contribution is 5.95. The third-order valence-electron chi connectivity index (χ3n) is 3.82. The first-order valence-electron chi connectivity index (χ1n) is 8.59. The molecule has 6 heteroatoms. The number of carbonyl (C=O) groups excluding carboxylic acids is 1. The van der Waals surface area contributed by atoms with Gasteiger partial charge in [-0.05, 0) is 39.0 Å². The largest absolute Gasteiger partial charge is 0.490 e. The van der Waals surface area contributed by atoms with Gasteiger partial charge in [-0.25, -0.2) is 0 Å². The van der Waals surface area contributed by atoms with Crippen molar-refractivity contribution < 1.29 is 24.1 Å². The van der Waals surface area contributed by atoms with Gasteiger partial charge in [-0.15, -0.1) is 0 Å². The summed E-state index contributed by atoms with van der Waals surface area (Å²) in [6.07, 6.45) is 0.619. The van der Waals surface area contributed by atoms with Crippen molar-refractivity contribution in [1.82, 2.24) is 4.90 Å². The molecule has 0 aliphatic carbocycles. The minimum absolute atomic E-state index is 0.000510. The van der Waals surface area contributed by atoms with Crippen LogP contribution in [0.2, 0.25) is 0 Å². The Morgan fingerprint density at radius 3 is 2.76 bits per heavy atom. The Labute approximate surface area is 149 Å². The molecule has 2 atom stereocenters. The Morgan fingerprint density at radius 2 is 2.12 bits per heavy atom. The average Bonchev–Trinajstić information content (AvgIpc) is 2.93. The highest BCUT2D eigenvalue weighted by Crippen LogP contribution is 2.29. The standard InChI is InChI=1S/C19H27NO5/c1-5-9-24-16-8-7-14(10-17(16)23-6-2)19(22)20-11-15(21)18(12-20)25-13(3)4/h5,7-8,10,13,15,18,21H,1,6,9,11-12H2,2-4H3/t15-,18-/m0/s1. The van der Waals surface area contributed by atoms with Crippen molar-refractivity contribution >= 4 is 5.91 Å². The quantitative estimate of drug-likeness (QED) is 0.729. The van der Waals surface area contributed by atoms with Crippen LogP contribution in [0.3, 0.4) is 0 Å². The van der Waals surface area contributed by atoms with Crippen LogP contribution >= 0.6 is 0 Å². The molecule has 0 radical (unpaired) electrons. The summed E-state index contributed by atoms with van der Waals surface area (Å²) in [5.74, 6) is 0.927. The van der Waals surface area contributed by atoms with Gasteiger partial charge in [0.05, 0.1) is 18.8 Å². The van der Waals surface area contributed by atoms with Crippen LogP contribution in [0.15, 0.2) is 30.9 Å². The first kappa shape index (κ1) is 19.3. The molecule has 1 aromatic carbocycles. The molecule has 2 rings (SSSR count). The van der Waals surface area contributed by atoms with Gasteiger partial charge in [0.15, 0.2) is 11.5 Å². The molecule has 25 heavy (non-hydrogen) atoms. The van der Waals surface area contributed by atoms with Crippen molar-refractivity contribution in [2.45, 2.75) is 39.1 Å². The maximum atomic E-state index is 12.8. The second kappa shape index (κ2) is 8.87. The molecule has 1 fully saturated rings. The number of aliphatic hydroxyl groups is 1. The number of β-amino-alcohol motifs (C(OH)–C–C–N with tert-alkyl or cyclic N) is 1. The number of rotatable bonds is 8. The first-order valence-corrected chi connectivity index (χ1v) is 8.59. The maximum absolute atomic E-state index is 12.8. The van der Waals surface area contributed by atoms with Gasteiger partial charge in [0.2, 0.25) is 0 Å². The normalized spacial score (nSPS) is 20.0. The van der Waals surface area contributed by atoms with Gasteiger partial charge in [-0.3, -0.25) is 4.79 Å². The van der Waals surface area contributed by atoms with E-state index in [1.54, 1.807) is 29.2 Å². The Balaban J connectivity index is 2.13. The summed E-state index contributed by atoms with van der Waals surface area (Å²) in [6.45, 7) is 10.8. The topological polar surface area (TPSA) is 68.2 Å².